The van der Waals surface area contributed by atoms with Crippen LogP contribution in [0.5, 0.6) is 0 Å². The third-order valence-electron chi connectivity index (χ3n) is 3.54. The zero-order valence-corrected chi connectivity index (χ0v) is 12.7. The van der Waals surface area contributed by atoms with Gasteiger partial charge in [0.2, 0.25) is 0 Å². The number of esters is 1. The summed E-state index contributed by atoms with van der Waals surface area (Å²) in [4.78, 5) is 11.3. The van der Waals surface area contributed by atoms with E-state index in [4.69, 9.17) is 11.6 Å². The quantitative estimate of drug-likeness (QED) is 0.757. The van der Waals surface area contributed by atoms with Gasteiger partial charge in [0.05, 0.1) is 19.3 Å². The summed E-state index contributed by atoms with van der Waals surface area (Å²) in [5, 5.41) is 0.288. The van der Waals surface area contributed by atoms with Crippen molar-refractivity contribution < 1.29 is 18.1 Å². The molecule has 1 aliphatic carbocycles. The third-order valence-corrected chi connectivity index (χ3v) is 5.44. The highest BCUT2D eigenvalue weighted by Gasteiger charge is 2.45. The van der Waals surface area contributed by atoms with Crippen LogP contribution in [0.1, 0.15) is 24.8 Å². The van der Waals surface area contributed by atoms with Gasteiger partial charge in [-0.3, -0.25) is 9.00 Å². The number of hydrogen-bond donors (Lipinski definition) is 0. The molecule has 0 aliphatic heterocycles. The summed E-state index contributed by atoms with van der Waals surface area (Å²) in [5.74, 6) is -0.270. The summed E-state index contributed by atoms with van der Waals surface area (Å²) in [7, 11) is 0.0926. The predicted molar refractivity (Wildman–Crippen MR) is 76.4 cm³/mol. The van der Waals surface area contributed by atoms with Crippen LogP contribution < -0.4 is 0 Å². The standard InChI is InChI=1S/C14H16ClFO3S/c1-19-13(17)7-14(5-6-14)9-20(18)8-10-11(15)3-2-4-12(10)16/h2-4H,5-9H2,1H3. The van der Waals surface area contributed by atoms with Crippen molar-refractivity contribution in [3.63, 3.8) is 0 Å². The number of benzene rings is 1. The molecule has 0 amide bonds. The van der Waals surface area contributed by atoms with Crippen molar-refractivity contribution in [1.82, 2.24) is 0 Å². The first-order valence-corrected chi connectivity index (χ1v) is 8.17. The molecular formula is C14H16ClFO3S. The Labute approximate surface area is 124 Å². The van der Waals surface area contributed by atoms with Crippen molar-refractivity contribution in [1.29, 1.82) is 0 Å². The molecule has 1 saturated carbocycles. The Balaban J connectivity index is 1.98. The SMILES string of the molecule is COC(=O)CC1(CS(=O)Cc2c(F)cccc2Cl)CC1. The van der Waals surface area contributed by atoms with Gasteiger partial charge in [-0.15, -0.1) is 0 Å². The second-order valence-corrected chi connectivity index (χ2v) is 7.05. The van der Waals surface area contributed by atoms with E-state index in [0.717, 1.165) is 12.8 Å². The lowest BCUT2D eigenvalue weighted by atomic mass is 10.1. The third kappa shape index (κ3) is 3.79. The summed E-state index contributed by atoms with van der Waals surface area (Å²) in [6, 6.07) is 4.40. The van der Waals surface area contributed by atoms with Crippen molar-refractivity contribution in [3.05, 3.63) is 34.6 Å². The van der Waals surface area contributed by atoms with E-state index >= 15 is 0 Å². The van der Waals surface area contributed by atoms with Crippen LogP contribution in [0.2, 0.25) is 5.02 Å². The number of carbonyl (C=O) groups excluding carboxylic acids is 1. The second kappa shape index (κ2) is 6.22. The molecule has 1 aromatic carbocycles. The van der Waals surface area contributed by atoms with Crippen molar-refractivity contribution in [2.75, 3.05) is 12.9 Å². The van der Waals surface area contributed by atoms with Gasteiger partial charge in [-0.1, -0.05) is 17.7 Å². The number of carbonyl (C=O) groups is 1. The monoisotopic (exact) mass is 318 g/mol. The van der Waals surface area contributed by atoms with Gasteiger partial charge in [-0.25, -0.2) is 4.39 Å². The van der Waals surface area contributed by atoms with Crippen molar-refractivity contribution in [3.8, 4) is 0 Å². The number of methoxy groups -OCH3 is 1. The minimum atomic E-state index is -1.25. The van der Waals surface area contributed by atoms with Crippen LogP contribution in [0.25, 0.3) is 0 Å². The zero-order valence-electron chi connectivity index (χ0n) is 11.2. The summed E-state index contributed by atoms with van der Waals surface area (Å²) >= 11 is 5.92. The van der Waals surface area contributed by atoms with Gasteiger partial charge in [0.15, 0.2) is 0 Å². The zero-order chi connectivity index (χ0) is 14.8. The van der Waals surface area contributed by atoms with Crippen LogP contribution in [0.15, 0.2) is 18.2 Å². The molecule has 1 aromatic rings. The van der Waals surface area contributed by atoms with E-state index in [-0.39, 0.29) is 34.1 Å². The van der Waals surface area contributed by atoms with Gasteiger partial charge >= 0.3 is 5.97 Å². The van der Waals surface area contributed by atoms with Gasteiger partial charge in [-0.05, 0) is 30.4 Å². The minimum absolute atomic E-state index is 0.0778. The number of ether oxygens (including phenoxy) is 1. The largest absolute Gasteiger partial charge is 0.469 e. The molecule has 3 nitrogen and oxygen atoms in total. The molecule has 0 spiro atoms. The molecule has 1 aliphatic rings. The van der Waals surface area contributed by atoms with Gasteiger partial charge in [0, 0.05) is 27.1 Å². The molecule has 2 rings (SSSR count). The van der Waals surface area contributed by atoms with Crippen LogP contribution >= 0.6 is 11.6 Å². The predicted octanol–water partition coefficient (Wildman–Crippen LogP) is 3.07. The average molecular weight is 319 g/mol. The summed E-state index contributed by atoms with van der Waals surface area (Å²) in [6.07, 6.45) is 2.00. The lowest BCUT2D eigenvalue weighted by Gasteiger charge is -2.13. The van der Waals surface area contributed by atoms with Crippen LogP contribution in [0.4, 0.5) is 4.39 Å². The van der Waals surface area contributed by atoms with Gasteiger partial charge in [0.1, 0.15) is 5.82 Å². The fourth-order valence-corrected chi connectivity index (χ4v) is 4.25. The van der Waals surface area contributed by atoms with E-state index in [1.165, 1.54) is 19.2 Å². The number of rotatable bonds is 6. The molecule has 110 valence electrons. The maximum atomic E-state index is 13.6. The Morgan fingerprint density at radius 2 is 2.20 bits per heavy atom. The highest BCUT2D eigenvalue weighted by Crippen LogP contribution is 2.49. The van der Waals surface area contributed by atoms with E-state index in [9.17, 15) is 13.4 Å². The lowest BCUT2D eigenvalue weighted by molar-refractivity contribution is -0.141. The summed E-state index contributed by atoms with van der Waals surface area (Å²) in [6.45, 7) is 0. The van der Waals surface area contributed by atoms with Gasteiger partial charge in [-0.2, -0.15) is 0 Å². The van der Waals surface area contributed by atoms with Crippen LogP contribution in [-0.4, -0.2) is 23.0 Å². The van der Waals surface area contributed by atoms with E-state index in [1.807, 2.05) is 0 Å². The van der Waals surface area contributed by atoms with Crippen molar-refractivity contribution in [2.24, 2.45) is 5.41 Å². The number of hydrogen-bond acceptors (Lipinski definition) is 3. The average Bonchev–Trinajstić information content (AvgIpc) is 3.13. The highest BCUT2D eigenvalue weighted by molar-refractivity contribution is 7.84. The minimum Gasteiger partial charge on any atom is -0.469 e. The van der Waals surface area contributed by atoms with Crippen LogP contribution in [0.3, 0.4) is 0 Å². The highest BCUT2D eigenvalue weighted by atomic mass is 35.5. The van der Waals surface area contributed by atoms with Crippen LogP contribution in [0, 0.1) is 11.2 Å². The second-order valence-electron chi connectivity index (χ2n) is 5.18. The molecule has 1 atom stereocenters. The first-order valence-electron chi connectivity index (χ1n) is 6.30. The van der Waals surface area contributed by atoms with Crippen molar-refractivity contribution >= 4 is 28.4 Å². The maximum absolute atomic E-state index is 13.6. The molecule has 0 heterocycles. The molecule has 0 radical (unpaired) electrons. The van der Waals surface area contributed by atoms with E-state index in [1.54, 1.807) is 6.07 Å². The van der Waals surface area contributed by atoms with Crippen LogP contribution in [-0.2, 0) is 26.1 Å². The molecule has 0 saturated heterocycles. The molecule has 1 unspecified atom stereocenters. The lowest BCUT2D eigenvalue weighted by Crippen LogP contribution is -2.19. The van der Waals surface area contributed by atoms with E-state index < -0.39 is 16.6 Å². The molecule has 0 N–H and O–H groups in total. The first kappa shape index (κ1) is 15.4. The van der Waals surface area contributed by atoms with Gasteiger partial charge < -0.3 is 4.74 Å². The molecule has 1 fully saturated rings. The van der Waals surface area contributed by atoms with Gasteiger partial charge in [0.25, 0.3) is 0 Å². The Morgan fingerprint density at radius 1 is 1.50 bits per heavy atom. The molecule has 20 heavy (non-hydrogen) atoms. The number of halogens is 2. The van der Waals surface area contributed by atoms with E-state index in [0.29, 0.717) is 5.75 Å². The topological polar surface area (TPSA) is 43.4 Å². The Hall–Kier alpha value is -0.940. The van der Waals surface area contributed by atoms with Crippen molar-refractivity contribution in [2.45, 2.75) is 25.0 Å². The van der Waals surface area contributed by atoms with E-state index in [2.05, 4.69) is 4.74 Å². The molecule has 0 aromatic heterocycles. The molecule has 0 bridgehead atoms. The Morgan fingerprint density at radius 3 is 2.75 bits per heavy atom. The Bertz CT molecular complexity index is 523. The molecular weight excluding hydrogens is 303 g/mol. The first-order chi connectivity index (χ1) is 9.46. The summed E-state index contributed by atoms with van der Waals surface area (Å²) < 4.78 is 30.5. The molecule has 6 heteroatoms. The summed E-state index contributed by atoms with van der Waals surface area (Å²) in [5.41, 5.74) is 0.0525. The maximum Gasteiger partial charge on any atom is 0.306 e. The smallest absolute Gasteiger partial charge is 0.306 e. The normalized spacial score (nSPS) is 17.6. The fourth-order valence-electron chi connectivity index (χ4n) is 2.15. The Kier molecular flexibility index (Phi) is 4.81. The fraction of sp³-hybridized carbons (Fsp3) is 0.500.